The number of pyridine rings is 1. The van der Waals surface area contributed by atoms with Gasteiger partial charge < -0.3 is 10.2 Å². The molecule has 1 aromatic heterocycles. The zero-order valence-electron chi connectivity index (χ0n) is 15.3. The van der Waals surface area contributed by atoms with Gasteiger partial charge in [-0.2, -0.15) is 5.26 Å². The van der Waals surface area contributed by atoms with Gasteiger partial charge in [0, 0.05) is 25.2 Å². The molecule has 1 aliphatic heterocycles. The number of halogens is 2. The van der Waals surface area contributed by atoms with Crippen molar-refractivity contribution in [2.24, 2.45) is 5.92 Å². The minimum absolute atomic E-state index is 0.0467. The second-order valence-corrected chi connectivity index (χ2v) is 7.89. The molecule has 144 valence electrons. The maximum atomic E-state index is 13.4. The van der Waals surface area contributed by atoms with E-state index >= 15 is 0 Å². The summed E-state index contributed by atoms with van der Waals surface area (Å²) in [4.78, 5) is 19.3. The molecule has 0 spiro atoms. The molecule has 4 rings (SSSR count). The molecule has 7 heteroatoms. The predicted octanol–water partition coefficient (Wildman–Crippen LogP) is 3.77. The molecular formula is C21H20ClFN4O. The fraction of sp³-hybridized carbons (Fsp3) is 0.381. The van der Waals surface area contributed by atoms with Crippen molar-refractivity contribution >= 4 is 23.3 Å². The van der Waals surface area contributed by atoms with E-state index in [0.29, 0.717) is 5.56 Å². The van der Waals surface area contributed by atoms with Crippen LogP contribution < -0.4 is 10.2 Å². The third-order valence-electron chi connectivity index (χ3n) is 5.65. The van der Waals surface area contributed by atoms with Gasteiger partial charge in [-0.3, -0.25) is 4.79 Å². The monoisotopic (exact) mass is 398 g/mol. The average Bonchev–Trinajstić information content (AvgIpc) is 3.51. The standard InChI is InChI=1S/C21H20ClFN4O/c22-17-11-16(2-3-18(17)23)21(7-8-21)26-20(28)15-5-9-27(10-6-15)19-4-1-14(12-24)13-25-19/h1-4,11,13,15H,5-10H2,(H,26,28). The Labute approximate surface area is 168 Å². The zero-order chi connectivity index (χ0) is 19.7. The summed E-state index contributed by atoms with van der Waals surface area (Å²) in [5.74, 6) is 0.377. The van der Waals surface area contributed by atoms with E-state index in [1.54, 1.807) is 24.4 Å². The van der Waals surface area contributed by atoms with Crippen LogP contribution in [0, 0.1) is 23.1 Å². The first-order valence-corrected chi connectivity index (χ1v) is 9.77. The van der Waals surface area contributed by atoms with Crippen molar-refractivity contribution in [1.29, 1.82) is 5.26 Å². The minimum Gasteiger partial charge on any atom is -0.357 e. The maximum absolute atomic E-state index is 13.4. The summed E-state index contributed by atoms with van der Waals surface area (Å²) >= 11 is 5.91. The Morgan fingerprint density at radius 2 is 2.04 bits per heavy atom. The molecule has 1 N–H and O–H groups in total. The molecule has 5 nitrogen and oxygen atoms in total. The van der Waals surface area contributed by atoms with Crippen molar-refractivity contribution in [3.05, 3.63) is 58.5 Å². The summed E-state index contributed by atoms with van der Waals surface area (Å²) in [6.07, 6.45) is 4.74. The third-order valence-corrected chi connectivity index (χ3v) is 5.94. The van der Waals surface area contributed by atoms with Crippen LogP contribution in [0.2, 0.25) is 5.02 Å². The number of aromatic nitrogens is 1. The highest BCUT2D eigenvalue weighted by Gasteiger charge is 2.46. The normalized spacial score (nSPS) is 18.4. The van der Waals surface area contributed by atoms with E-state index in [0.717, 1.165) is 50.2 Å². The third kappa shape index (κ3) is 3.67. The number of amides is 1. The number of anilines is 1. The first-order chi connectivity index (χ1) is 13.5. The van der Waals surface area contributed by atoms with Crippen molar-refractivity contribution in [2.45, 2.75) is 31.2 Å². The van der Waals surface area contributed by atoms with E-state index in [1.807, 2.05) is 6.07 Å². The minimum atomic E-state index is -0.448. The lowest BCUT2D eigenvalue weighted by Crippen LogP contribution is -2.44. The number of rotatable bonds is 4. The van der Waals surface area contributed by atoms with Gasteiger partial charge in [0.1, 0.15) is 17.7 Å². The SMILES string of the molecule is N#Cc1ccc(N2CCC(C(=O)NC3(c4ccc(F)c(Cl)c4)CC3)CC2)nc1. The smallest absolute Gasteiger partial charge is 0.223 e. The molecule has 0 radical (unpaired) electrons. The van der Waals surface area contributed by atoms with Gasteiger partial charge in [-0.25, -0.2) is 9.37 Å². The molecule has 28 heavy (non-hydrogen) atoms. The second kappa shape index (κ2) is 7.40. The van der Waals surface area contributed by atoms with Crippen molar-refractivity contribution < 1.29 is 9.18 Å². The Kier molecular flexibility index (Phi) is 4.94. The molecule has 2 aromatic rings. The molecule has 2 aliphatic rings. The molecule has 1 saturated heterocycles. The quantitative estimate of drug-likeness (QED) is 0.851. The van der Waals surface area contributed by atoms with Crippen LogP contribution in [0.25, 0.3) is 0 Å². The molecule has 2 fully saturated rings. The highest BCUT2D eigenvalue weighted by molar-refractivity contribution is 6.30. The van der Waals surface area contributed by atoms with Gasteiger partial charge in [0.2, 0.25) is 5.91 Å². The summed E-state index contributed by atoms with van der Waals surface area (Å²) < 4.78 is 13.4. The van der Waals surface area contributed by atoms with Crippen LogP contribution in [0.1, 0.15) is 36.8 Å². The van der Waals surface area contributed by atoms with Crippen LogP contribution in [-0.2, 0) is 10.3 Å². The van der Waals surface area contributed by atoms with Crippen molar-refractivity contribution in [2.75, 3.05) is 18.0 Å². The van der Waals surface area contributed by atoms with E-state index in [1.165, 1.54) is 6.07 Å². The van der Waals surface area contributed by atoms with E-state index < -0.39 is 11.4 Å². The topological polar surface area (TPSA) is 69.0 Å². The summed E-state index contributed by atoms with van der Waals surface area (Å²) in [7, 11) is 0. The zero-order valence-corrected chi connectivity index (χ0v) is 16.0. The number of piperidine rings is 1. The van der Waals surface area contributed by atoms with Gasteiger partial charge in [0.25, 0.3) is 0 Å². The lowest BCUT2D eigenvalue weighted by atomic mass is 9.94. The molecule has 1 aromatic carbocycles. The number of nitriles is 1. The van der Waals surface area contributed by atoms with Crippen LogP contribution in [0.15, 0.2) is 36.5 Å². The molecule has 1 amide bonds. The van der Waals surface area contributed by atoms with Gasteiger partial charge in [0.15, 0.2) is 0 Å². The Morgan fingerprint density at radius 1 is 1.29 bits per heavy atom. The lowest BCUT2D eigenvalue weighted by molar-refractivity contribution is -0.126. The Bertz CT molecular complexity index is 928. The summed E-state index contributed by atoms with van der Waals surface area (Å²) in [6.45, 7) is 1.48. The predicted molar refractivity (Wildman–Crippen MR) is 104 cm³/mol. The Morgan fingerprint density at radius 3 is 2.61 bits per heavy atom. The van der Waals surface area contributed by atoms with Gasteiger partial charge in [-0.05, 0) is 55.5 Å². The fourth-order valence-electron chi connectivity index (χ4n) is 3.75. The lowest BCUT2D eigenvalue weighted by Gasteiger charge is -2.33. The van der Waals surface area contributed by atoms with Gasteiger partial charge >= 0.3 is 0 Å². The second-order valence-electron chi connectivity index (χ2n) is 7.48. The number of carbonyl (C=O) groups is 1. The largest absolute Gasteiger partial charge is 0.357 e. The van der Waals surface area contributed by atoms with Gasteiger partial charge in [-0.1, -0.05) is 17.7 Å². The van der Waals surface area contributed by atoms with Gasteiger partial charge in [0.05, 0.1) is 16.1 Å². The van der Waals surface area contributed by atoms with Crippen LogP contribution in [0.5, 0.6) is 0 Å². The van der Waals surface area contributed by atoms with Crippen LogP contribution >= 0.6 is 11.6 Å². The number of hydrogen-bond donors (Lipinski definition) is 1. The summed E-state index contributed by atoms with van der Waals surface area (Å²) in [6, 6.07) is 10.3. The average molecular weight is 399 g/mol. The summed E-state index contributed by atoms with van der Waals surface area (Å²) in [5.41, 5.74) is 1.00. The summed E-state index contributed by atoms with van der Waals surface area (Å²) in [5, 5.41) is 12.1. The molecule has 0 bridgehead atoms. The van der Waals surface area contributed by atoms with Crippen LogP contribution in [0.3, 0.4) is 0 Å². The first kappa shape index (κ1) is 18.7. The van der Waals surface area contributed by atoms with Crippen LogP contribution in [0.4, 0.5) is 10.2 Å². The first-order valence-electron chi connectivity index (χ1n) is 9.39. The van der Waals surface area contributed by atoms with Gasteiger partial charge in [-0.15, -0.1) is 0 Å². The van der Waals surface area contributed by atoms with E-state index in [2.05, 4.69) is 21.3 Å². The fourth-order valence-corrected chi connectivity index (χ4v) is 3.93. The molecule has 1 aliphatic carbocycles. The van der Waals surface area contributed by atoms with E-state index in [9.17, 15) is 9.18 Å². The molecule has 2 heterocycles. The van der Waals surface area contributed by atoms with Crippen LogP contribution in [-0.4, -0.2) is 24.0 Å². The Hall–Kier alpha value is -2.65. The molecule has 0 atom stereocenters. The molecular weight excluding hydrogens is 379 g/mol. The molecule has 1 saturated carbocycles. The number of hydrogen-bond acceptors (Lipinski definition) is 4. The maximum Gasteiger partial charge on any atom is 0.223 e. The number of carbonyl (C=O) groups excluding carboxylic acids is 1. The molecule has 0 unspecified atom stereocenters. The highest BCUT2D eigenvalue weighted by Crippen LogP contribution is 2.46. The highest BCUT2D eigenvalue weighted by atomic mass is 35.5. The number of nitrogens with one attached hydrogen (secondary N) is 1. The van der Waals surface area contributed by atoms with E-state index in [-0.39, 0.29) is 16.8 Å². The van der Waals surface area contributed by atoms with Crippen molar-refractivity contribution in [1.82, 2.24) is 10.3 Å². The van der Waals surface area contributed by atoms with Crippen molar-refractivity contribution in [3.63, 3.8) is 0 Å². The number of nitrogens with zero attached hydrogens (tertiary/aromatic N) is 3. The number of benzene rings is 1. The van der Waals surface area contributed by atoms with Crippen molar-refractivity contribution in [3.8, 4) is 6.07 Å². The Balaban J connectivity index is 1.36. The van der Waals surface area contributed by atoms with E-state index in [4.69, 9.17) is 16.9 Å².